The lowest BCUT2D eigenvalue weighted by Crippen LogP contribution is -2.01. The second kappa shape index (κ2) is 4.98. The van der Waals surface area contributed by atoms with Crippen molar-refractivity contribution in [1.82, 2.24) is 9.78 Å². The Morgan fingerprint density at radius 2 is 2.06 bits per heavy atom. The highest BCUT2D eigenvalue weighted by atomic mass is 35.5. The van der Waals surface area contributed by atoms with E-state index in [1.165, 1.54) is 0 Å². The Bertz CT molecular complexity index is 515. The molecule has 1 N–H and O–H groups in total. The molecular formula is C12H13Cl2N3. The smallest absolute Gasteiger partial charge is 0.148 e. The molecule has 1 aromatic carbocycles. The topological polar surface area (TPSA) is 29.9 Å². The van der Waals surface area contributed by atoms with Crippen molar-refractivity contribution in [2.24, 2.45) is 7.05 Å². The van der Waals surface area contributed by atoms with Gasteiger partial charge in [-0.25, -0.2) is 0 Å². The third kappa shape index (κ3) is 2.93. The molecule has 0 aliphatic carbocycles. The quantitative estimate of drug-likeness (QED) is 0.922. The molecule has 0 fully saturated rings. The van der Waals surface area contributed by atoms with Gasteiger partial charge in [0.05, 0.1) is 0 Å². The van der Waals surface area contributed by atoms with E-state index in [-0.39, 0.29) is 0 Å². The van der Waals surface area contributed by atoms with Crippen LogP contribution in [0, 0.1) is 6.92 Å². The lowest BCUT2D eigenvalue weighted by molar-refractivity contribution is 0.741. The molecule has 0 aliphatic rings. The van der Waals surface area contributed by atoms with Crippen molar-refractivity contribution in [3.63, 3.8) is 0 Å². The van der Waals surface area contributed by atoms with Crippen LogP contribution in [0.15, 0.2) is 24.3 Å². The molecule has 3 nitrogen and oxygen atoms in total. The predicted octanol–water partition coefficient (Wildman–Crippen LogP) is 3.65. The normalized spacial score (nSPS) is 10.6. The minimum atomic E-state index is 0.631. The summed E-state index contributed by atoms with van der Waals surface area (Å²) in [4.78, 5) is 0. The zero-order valence-electron chi connectivity index (χ0n) is 9.67. The van der Waals surface area contributed by atoms with Gasteiger partial charge in [0.1, 0.15) is 5.82 Å². The highest BCUT2D eigenvalue weighted by molar-refractivity contribution is 6.35. The maximum atomic E-state index is 6.08. The number of halogens is 2. The third-order valence-electron chi connectivity index (χ3n) is 2.59. The SMILES string of the molecule is Cc1cc(NCc2ccc(Cl)cc2Cl)nn1C. The number of rotatable bonds is 3. The first-order valence-electron chi connectivity index (χ1n) is 5.24. The second-order valence-corrected chi connectivity index (χ2v) is 4.73. The maximum Gasteiger partial charge on any atom is 0.148 e. The zero-order valence-corrected chi connectivity index (χ0v) is 11.2. The van der Waals surface area contributed by atoms with Crippen molar-refractivity contribution in [3.8, 4) is 0 Å². The number of anilines is 1. The minimum Gasteiger partial charge on any atom is -0.364 e. The van der Waals surface area contributed by atoms with Crippen LogP contribution in [0.2, 0.25) is 10.0 Å². The first-order chi connectivity index (χ1) is 8.06. The Morgan fingerprint density at radius 1 is 1.29 bits per heavy atom. The van der Waals surface area contributed by atoms with Gasteiger partial charge in [-0.15, -0.1) is 0 Å². The van der Waals surface area contributed by atoms with E-state index in [9.17, 15) is 0 Å². The molecule has 5 heteroatoms. The molecule has 1 heterocycles. The Kier molecular flexibility index (Phi) is 3.60. The lowest BCUT2D eigenvalue weighted by Gasteiger charge is -2.05. The molecule has 0 saturated carbocycles. The monoisotopic (exact) mass is 269 g/mol. The molecule has 1 aromatic heterocycles. The van der Waals surface area contributed by atoms with Gasteiger partial charge in [0, 0.05) is 35.4 Å². The van der Waals surface area contributed by atoms with Gasteiger partial charge >= 0.3 is 0 Å². The number of aromatic nitrogens is 2. The van der Waals surface area contributed by atoms with Crippen molar-refractivity contribution >= 4 is 29.0 Å². The minimum absolute atomic E-state index is 0.631. The van der Waals surface area contributed by atoms with Crippen LogP contribution in [0.4, 0.5) is 5.82 Å². The predicted molar refractivity (Wildman–Crippen MR) is 71.7 cm³/mol. The number of nitrogens with zero attached hydrogens (tertiary/aromatic N) is 2. The summed E-state index contributed by atoms with van der Waals surface area (Å²) in [5.41, 5.74) is 2.11. The fourth-order valence-electron chi connectivity index (χ4n) is 1.50. The molecule has 0 aliphatic heterocycles. The van der Waals surface area contributed by atoms with Crippen LogP contribution in [0.25, 0.3) is 0 Å². The van der Waals surface area contributed by atoms with Gasteiger partial charge in [-0.3, -0.25) is 4.68 Å². The molecule has 0 saturated heterocycles. The molecule has 0 spiro atoms. The van der Waals surface area contributed by atoms with Gasteiger partial charge in [0.25, 0.3) is 0 Å². The van der Waals surface area contributed by atoms with Gasteiger partial charge in [-0.05, 0) is 24.6 Å². The standard InChI is InChI=1S/C12H13Cl2N3/c1-8-5-12(16-17(8)2)15-7-9-3-4-10(13)6-11(9)14/h3-6H,7H2,1-2H3,(H,15,16). The number of aryl methyl sites for hydroxylation is 2. The summed E-state index contributed by atoms with van der Waals surface area (Å²) < 4.78 is 1.83. The first-order valence-corrected chi connectivity index (χ1v) is 6.00. The van der Waals surface area contributed by atoms with E-state index in [0.717, 1.165) is 17.1 Å². The molecule has 0 bridgehead atoms. The highest BCUT2D eigenvalue weighted by Gasteiger charge is 2.03. The first kappa shape index (κ1) is 12.3. The zero-order chi connectivity index (χ0) is 12.4. The lowest BCUT2D eigenvalue weighted by atomic mass is 10.2. The summed E-state index contributed by atoms with van der Waals surface area (Å²) >= 11 is 11.9. The van der Waals surface area contributed by atoms with Crippen molar-refractivity contribution in [1.29, 1.82) is 0 Å². The molecule has 0 amide bonds. The maximum absolute atomic E-state index is 6.08. The van der Waals surface area contributed by atoms with Gasteiger partial charge in [0.2, 0.25) is 0 Å². The van der Waals surface area contributed by atoms with Crippen molar-refractivity contribution < 1.29 is 0 Å². The average molecular weight is 270 g/mol. The van der Waals surface area contributed by atoms with E-state index in [0.29, 0.717) is 16.6 Å². The summed E-state index contributed by atoms with van der Waals surface area (Å²) in [5, 5.41) is 8.84. The van der Waals surface area contributed by atoms with Gasteiger partial charge in [-0.1, -0.05) is 29.3 Å². The van der Waals surface area contributed by atoms with Gasteiger partial charge < -0.3 is 5.32 Å². The molecule has 0 radical (unpaired) electrons. The van der Waals surface area contributed by atoms with Crippen LogP contribution >= 0.6 is 23.2 Å². The number of benzene rings is 1. The van der Waals surface area contributed by atoms with Crippen molar-refractivity contribution in [2.45, 2.75) is 13.5 Å². The van der Waals surface area contributed by atoms with E-state index >= 15 is 0 Å². The molecule has 0 atom stereocenters. The molecule has 2 aromatic rings. The summed E-state index contributed by atoms with van der Waals surface area (Å²) in [5.74, 6) is 0.844. The van der Waals surface area contributed by atoms with Crippen molar-refractivity contribution in [2.75, 3.05) is 5.32 Å². The van der Waals surface area contributed by atoms with Crippen LogP contribution in [0.1, 0.15) is 11.3 Å². The van der Waals surface area contributed by atoms with Gasteiger partial charge in [-0.2, -0.15) is 5.10 Å². The van der Waals surface area contributed by atoms with Crippen LogP contribution in [-0.4, -0.2) is 9.78 Å². The number of nitrogens with one attached hydrogen (secondary N) is 1. The number of hydrogen-bond donors (Lipinski definition) is 1. The fourth-order valence-corrected chi connectivity index (χ4v) is 1.97. The Balaban J connectivity index is 2.07. The summed E-state index contributed by atoms with van der Waals surface area (Å²) in [7, 11) is 1.91. The largest absolute Gasteiger partial charge is 0.364 e. The van der Waals surface area contributed by atoms with E-state index in [2.05, 4.69) is 10.4 Å². The van der Waals surface area contributed by atoms with E-state index in [4.69, 9.17) is 23.2 Å². The summed E-state index contributed by atoms with van der Waals surface area (Å²) in [6, 6.07) is 7.47. The van der Waals surface area contributed by atoms with Crippen LogP contribution in [0.3, 0.4) is 0 Å². The summed E-state index contributed by atoms with van der Waals surface area (Å²) in [6.45, 7) is 2.64. The second-order valence-electron chi connectivity index (χ2n) is 3.88. The van der Waals surface area contributed by atoms with Crippen molar-refractivity contribution in [3.05, 3.63) is 45.6 Å². The van der Waals surface area contributed by atoms with Crippen LogP contribution < -0.4 is 5.32 Å². The molecular weight excluding hydrogens is 257 g/mol. The van der Waals surface area contributed by atoms with Crippen LogP contribution in [-0.2, 0) is 13.6 Å². The van der Waals surface area contributed by atoms with Gasteiger partial charge in [0.15, 0.2) is 0 Å². The van der Waals surface area contributed by atoms with E-state index < -0.39 is 0 Å². The Labute approximate surface area is 110 Å². The van der Waals surface area contributed by atoms with E-state index in [1.54, 1.807) is 6.07 Å². The van der Waals surface area contributed by atoms with E-state index in [1.807, 2.05) is 36.9 Å². The molecule has 0 unspecified atom stereocenters. The molecule has 2 rings (SSSR count). The highest BCUT2D eigenvalue weighted by Crippen LogP contribution is 2.21. The Morgan fingerprint density at radius 3 is 2.65 bits per heavy atom. The average Bonchev–Trinajstić information content (AvgIpc) is 2.57. The Hall–Kier alpha value is -1.19. The third-order valence-corrected chi connectivity index (χ3v) is 3.18. The fraction of sp³-hybridized carbons (Fsp3) is 0.250. The number of hydrogen-bond acceptors (Lipinski definition) is 2. The molecule has 17 heavy (non-hydrogen) atoms. The molecule has 90 valence electrons. The summed E-state index contributed by atoms with van der Waals surface area (Å²) in [6.07, 6.45) is 0. The van der Waals surface area contributed by atoms with Crippen LogP contribution in [0.5, 0.6) is 0 Å².